The molecule has 1 atom stereocenters. The van der Waals surface area contributed by atoms with Crippen molar-refractivity contribution in [2.24, 2.45) is 5.41 Å². The van der Waals surface area contributed by atoms with Gasteiger partial charge in [0.1, 0.15) is 0 Å². The van der Waals surface area contributed by atoms with Crippen molar-refractivity contribution < 1.29 is 0 Å². The molecule has 0 aromatic heterocycles. The van der Waals surface area contributed by atoms with Crippen LogP contribution < -0.4 is 10.2 Å². The van der Waals surface area contributed by atoms with Crippen molar-refractivity contribution >= 4 is 5.69 Å². The molecule has 0 saturated carbocycles. The van der Waals surface area contributed by atoms with E-state index in [4.69, 9.17) is 0 Å². The molecule has 1 aliphatic heterocycles. The third-order valence-electron chi connectivity index (χ3n) is 4.33. The normalized spacial score (nSPS) is 23.9. The SMILES string of the molecule is CCC1(CN(C)c2cccc(C)c2)CCCNC1. The lowest BCUT2D eigenvalue weighted by molar-refractivity contribution is 0.207. The molecule has 1 saturated heterocycles. The minimum Gasteiger partial charge on any atom is -0.374 e. The quantitative estimate of drug-likeness (QED) is 0.877. The van der Waals surface area contributed by atoms with Crippen LogP contribution in [0.1, 0.15) is 31.7 Å². The number of aryl methyl sites for hydroxylation is 1. The molecule has 18 heavy (non-hydrogen) atoms. The van der Waals surface area contributed by atoms with Crippen molar-refractivity contribution in [2.45, 2.75) is 33.1 Å². The molecule has 2 heteroatoms. The maximum Gasteiger partial charge on any atom is 0.0366 e. The Morgan fingerprint density at radius 3 is 2.83 bits per heavy atom. The van der Waals surface area contributed by atoms with Gasteiger partial charge in [0.25, 0.3) is 0 Å². The lowest BCUT2D eigenvalue weighted by Gasteiger charge is -2.40. The maximum absolute atomic E-state index is 3.57. The average Bonchev–Trinajstić information content (AvgIpc) is 2.40. The van der Waals surface area contributed by atoms with E-state index in [1.165, 1.54) is 43.6 Å². The van der Waals surface area contributed by atoms with Crippen molar-refractivity contribution in [3.8, 4) is 0 Å². The van der Waals surface area contributed by atoms with Gasteiger partial charge in [-0.3, -0.25) is 0 Å². The highest BCUT2D eigenvalue weighted by atomic mass is 15.1. The Morgan fingerprint density at radius 1 is 1.39 bits per heavy atom. The molecule has 0 bridgehead atoms. The Hall–Kier alpha value is -1.02. The first-order valence-electron chi connectivity index (χ1n) is 7.14. The van der Waals surface area contributed by atoms with E-state index >= 15 is 0 Å². The van der Waals surface area contributed by atoms with Gasteiger partial charge in [0.15, 0.2) is 0 Å². The summed E-state index contributed by atoms with van der Waals surface area (Å²) in [5.41, 5.74) is 3.14. The zero-order valence-electron chi connectivity index (χ0n) is 12.0. The molecule has 0 amide bonds. The van der Waals surface area contributed by atoms with E-state index < -0.39 is 0 Å². The summed E-state index contributed by atoms with van der Waals surface area (Å²) in [7, 11) is 2.22. The van der Waals surface area contributed by atoms with E-state index in [-0.39, 0.29) is 0 Å². The van der Waals surface area contributed by atoms with Crippen LogP contribution in [0.25, 0.3) is 0 Å². The van der Waals surface area contributed by atoms with Crippen molar-refractivity contribution in [3.63, 3.8) is 0 Å². The number of nitrogens with zero attached hydrogens (tertiary/aromatic N) is 1. The molecule has 1 aromatic rings. The first kappa shape index (κ1) is 13.4. The van der Waals surface area contributed by atoms with Gasteiger partial charge in [-0.25, -0.2) is 0 Å². The fourth-order valence-corrected chi connectivity index (χ4v) is 3.04. The van der Waals surface area contributed by atoms with Gasteiger partial charge in [0.2, 0.25) is 0 Å². The van der Waals surface area contributed by atoms with Gasteiger partial charge in [-0.05, 0) is 50.4 Å². The summed E-state index contributed by atoms with van der Waals surface area (Å²) in [6.07, 6.45) is 3.93. The molecule has 0 aliphatic carbocycles. The second-order valence-electron chi connectivity index (χ2n) is 5.83. The second kappa shape index (κ2) is 5.75. The highest BCUT2D eigenvalue weighted by Gasteiger charge is 2.31. The van der Waals surface area contributed by atoms with Crippen LogP contribution in [0.15, 0.2) is 24.3 Å². The topological polar surface area (TPSA) is 15.3 Å². The molecular formula is C16H26N2. The van der Waals surface area contributed by atoms with E-state index in [1.54, 1.807) is 0 Å². The van der Waals surface area contributed by atoms with Crippen molar-refractivity contribution in [1.29, 1.82) is 0 Å². The predicted octanol–water partition coefficient (Wildman–Crippen LogP) is 3.21. The summed E-state index contributed by atoms with van der Waals surface area (Å²) in [4.78, 5) is 2.42. The average molecular weight is 246 g/mol. The lowest BCUT2D eigenvalue weighted by atomic mass is 9.78. The molecule has 1 unspecified atom stereocenters. The summed E-state index contributed by atoms with van der Waals surface area (Å²) in [6.45, 7) is 8.00. The van der Waals surface area contributed by atoms with Crippen LogP contribution in [0.3, 0.4) is 0 Å². The van der Waals surface area contributed by atoms with E-state index in [9.17, 15) is 0 Å². The van der Waals surface area contributed by atoms with Crippen molar-refractivity contribution in [1.82, 2.24) is 5.32 Å². The van der Waals surface area contributed by atoms with Crippen molar-refractivity contribution in [3.05, 3.63) is 29.8 Å². The molecule has 1 aliphatic rings. The highest BCUT2D eigenvalue weighted by Crippen LogP contribution is 2.32. The van der Waals surface area contributed by atoms with Crippen LogP contribution in [-0.2, 0) is 0 Å². The minimum atomic E-state index is 0.455. The molecule has 1 fully saturated rings. The number of nitrogens with one attached hydrogen (secondary N) is 1. The number of hydrogen-bond acceptors (Lipinski definition) is 2. The fourth-order valence-electron chi connectivity index (χ4n) is 3.04. The maximum atomic E-state index is 3.57. The molecular weight excluding hydrogens is 220 g/mol. The number of anilines is 1. The predicted molar refractivity (Wildman–Crippen MR) is 79.3 cm³/mol. The molecule has 0 radical (unpaired) electrons. The molecule has 1 N–H and O–H groups in total. The monoisotopic (exact) mass is 246 g/mol. The van der Waals surface area contributed by atoms with Crippen LogP contribution in [0, 0.1) is 12.3 Å². The summed E-state index contributed by atoms with van der Waals surface area (Å²) in [5, 5.41) is 3.57. The molecule has 100 valence electrons. The van der Waals surface area contributed by atoms with Gasteiger partial charge in [0.05, 0.1) is 0 Å². The van der Waals surface area contributed by atoms with Gasteiger partial charge in [-0.2, -0.15) is 0 Å². The van der Waals surface area contributed by atoms with Gasteiger partial charge in [0, 0.05) is 31.2 Å². The van der Waals surface area contributed by atoms with E-state index in [2.05, 4.69) is 55.4 Å². The smallest absolute Gasteiger partial charge is 0.0366 e. The summed E-state index contributed by atoms with van der Waals surface area (Å²) < 4.78 is 0. The lowest BCUT2D eigenvalue weighted by Crippen LogP contribution is -2.46. The van der Waals surface area contributed by atoms with Crippen molar-refractivity contribution in [2.75, 3.05) is 31.6 Å². The third kappa shape index (κ3) is 3.05. The molecule has 0 spiro atoms. The van der Waals surface area contributed by atoms with Gasteiger partial charge < -0.3 is 10.2 Å². The van der Waals surface area contributed by atoms with Crippen LogP contribution in [0.4, 0.5) is 5.69 Å². The fraction of sp³-hybridized carbons (Fsp3) is 0.625. The minimum absolute atomic E-state index is 0.455. The summed E-state index contributed by atoms with van der Waals surface area (Å²) in [5.74, 6) is 0. The Morgan fingerprint density at radius 2 is 2.22 bits per heavy atom. The first-order chi connectivity index (χ1) is 8.65. The number of benzene rings is 1. The zero-order valence-corrected chi connectivity index (χ0v) is 12.0. The standard InChI is InChI=1S/C16H26N2/c1-4-16(9-6-10-17-12-16)13-18(3)15-8-5-7-14(2)11-15/h5,7-8,11,17H,4,6,9-10,12-13H2,1-3H3. The largest absolute Gasteiger partial charge is 0.374 e. The third-order valence-corrected chi connectivity index (χ3v) is 4.33. The highest BCUT2D eigenvalue weighted by molar-refractivity contribution is 5.47. The molecule has 1 aromatic carbocycles. The number of hydrogen-bond donors (Lipinski definition) is 1. The van der Waals surface area contributed by atoms with Gasteiger partial charge in [-0.1, -0.05) is 19.1 Å². The number of piperidine rings is 1. The molecule has 1 heterocycles. The van der Waals surface area contributed by atoms with E-state index in [0.29, 0.717) is 5.41 Å². The van der Waals surface area contributed by atoms with E-state index in [0.717, 1.165) is 6.54 Å². The number of rotatable bonds is 4. The molecule has 2 rings (SSSR count). The first-order valence-corrected chi connectivity index (χ1v) is 7.14. The second-order valence-corrected chi connectivity index (χ2v) is 5.83. The Labute approximate surface area is 111 Å². The summed E-state index contributed by atoms with van der Waals surface area (Å²) >= 11 is 0. The van der Waals surface area contributed by atoms with Gasteiger partial charge in [-0.15, -0.1) is 0 Å². The van der Waals surface area contributed by atoms with Crippen LogP contribution in [0.2, 0.25) is 0 Å². The zero-order chi connectivity index (χ0) is 13.0. The Kier molecular flexibility index (Phi) is 4.28. The van der Waals surface area contributed by atoms with Crippen LogP contribution in [0.5, 0.6) is 0 Å². The Bertz CT molecular complexity index is 380. The van der Waals surface area contributed by atoms with Crippen LogP contribution in [-0.4, -0.2) is 26.7 Å². The van der Waals surface area contributed by atoms with E-state index in [1.807, 2.05) is 0 Å². The van der Waals surface area contributed by atoms with Crippen LogP contribution >= 0.6 is 0 Å². The summed E-state index contributed by atoms with van der Waals surface area (Å²) in [6, 6.07) is 8.81. The van der Waals surface area contributed by atoms with Gasteiger partial charge >= 0.3 is 0 Å². The molecule has 2 nitrogen and oxygen atoms in total. The Balaban J connectivity index is 2.07.